The third-order valence-corrected chi connectivity index (χ3v) is 8.21. The summed E-state index contributed by atoms with van der Waals surface area (Å²) in [6.07, 6.45) is 3.00. The number of fused-ring (bicyclic) bond motifs is 1. The van der Waals surface area contributed by atoms with Gasteiger partial charge < -0.3 is 20.6 Å². The maximum absolute atomic E-state index is 13.4. The van der Waals surface area contributed by atoms with Crippen LogP contribution in [0.25, 0.3) is 11.3 Å². The molecule has 38 heavy (non-hydrogen) atoms. The number of hydrogen-bond donors (Lipinski definition) is 4. The molecule has 1 amide bonds. The Morgan fingerprint density at radius 3 is 2.66 bits per heavy atom. The topological polar surface area (TPSA) is 153 Å². The summed E-state index contributed by atoms with van der Waals surface area (Å²) in [7, 11) is -3.98. The first-order chi connectivity index (χ1) is 18.3. The van der Waals surface area contributed by atoms with Crippen LogP contribution in [-0.2, 0) is 21.4 Å². The molecule has 13 heteroatoms. The molecule has 1 aliphatic heterocycles. The number of nitrogens with one attached hydrogen (secondary N) is 4. The summed E-state index contributed by atoms with van der Waals surface area (Å²) >= 11 is 0. The Bertz CT molecular complexity index is 1640. The second kappa shape index (κ2) is 9.19. The van der Waals surface area contributed by atoms with Crippen molar-refractivity contribution in [2.75, 3.05) is 17.2 Å². The van der Waals surface area contributed by atoms with Gasteiger partial charge >= 0.3 is 0 Å². The van der Waals surface area contributed by atoms with Gasteiger partial charge in [0, 0.05) is 23.1 Å². The van der Waals surface area contributed by atoms with Crippen LogP contribution in [0.15, 0.2) is 66.2 Å². The molecule has 0 spiro atoms. The molecule has 1 fully saturated rings. The van der Waals surface area contributed by atoms with Crippen LogP contribution in [0.3, 0.4) is 0 Å². The molecule has 194 valence electrons. The molecule has 0 radical (unpaired) electrons. The lowest BCUT2D eigenvalue weighted by molar-refractivity contribution is -0.117. The zero-order valence-corrected chi connectivity index (χ0v) is 20.6. The van der Waals surface area contributed by atoms with Gasteiger partial charge in [-0.3, -0.25) is 9.59 Å². The average molecular weight is 536 g/mol. The van der Waals surface area contributed by atoms with Crippen molar-refractivity contribution in [3.05, 3.63) is 72.4 Å². The maximum Gasteiger partial charge on any atom is 0.260 e. The number of ketones is 1. The van der Waals surface area contributed by atoms with Crippen molar-refractivity contribution in [3.63, 3.8) is 0 Å². The molecule has 0 saturated heterocycles. The molecule has 4 N–H and O–H groups in total. The number of halogens is 1. The van der Waals surface area contributed by atoms with Crippen molar-refractivity contribution >= 4 is 38.9 Å². The highest BCUT2D eigenvalue weighted by Gasteiger charge is 2.44. The molecule has 3 aromatic heterocycles. The predicted molar refractivity (Wildman–Crippen MR) is 136 cm³/mol. The standard InChI is InChI=1S/C25H22FN7O4S/c26-17-9-16(17)25(35)32-20-8-14(6-7-28-20)23-24(30-15-4-2-1-3-5-15)22-18(31-23)11-33(12-19(22)34)38(36,37)21-10-27-13-29-21/h1-8,10,13,16-17,30-31H,9,11-12H2,(H,27,29)(H,28,32,35)/t16-,17+/m1/s1. The summed E-state index contributed by atoms with van der Waals surface area (Å²) in [5.74, 6) is -1.26. The van der Waals surface area contributed by atoms with E-state index in [1.807, 2.05) is 30.3 Å². The number of sulfonamides is 1. The number of Topliss-reactive ketones (excluding diaryl/α,β-unsaturated/α-hetero) is 1. The summed E-state index contributed by atoms with van der Waals surface area (Å²) in [6, 6.07) is 12.5. The van der Waals surface area contributed by atoms with Gasteiger partial charge in [0.25, 0.3) is 10.0 Å². The van der Waals surface area contributed by atoms with Crippen LogP contribution in [0.2, 0.25) is 0 Å². The zero-order valence-electron chi connectivity index (χ0n) is 19.8. The molecule has 6 rings (SSSR count). The van der Waals surface area contributed by atoms with Gasteiger partial charge in [0.05, 0.1) is 48.5 Å². The number of alkyl halides is 1. The summed E-state index contributed by atoms with van der Waals surface area (Å²) in [4.78, 5) is 39.4. The molecule has 0 unspecified atom stereocenters. The predicted octanol–water partition coefficient (Wildman–Crippen LogP) is 3.23. The monoisotopic (exact) mass is 535 g/mol. The number of hydrogen-bond acceptors (Lipinski definition) is 7. The molecule has 2 aliphatic rings. The van der Waals surface area contributed by atoms with Crippen molar-refractivity contribution in [1.82, 2.24) is 24.2 Å². The van der Waals surface area contributed by atoms with Gasteiger partial charge in [0.15, 0.2) is 10.8 Å². The van der Waals surface area contributed by atoms with Crippen LogP contribution in [0, 0.1) is 5.92 Å². The molecule has 11 nitrogen and oxygen atoms in total. The van der Waals surface area contributed by atoms with E-state index < -0.39 is 28.0 Å². The second-order valence-corrected chi connectivity index (χ2v) is 11.0. The normalized spacial score (nSPS) is 19.1. The maximum atomic E-state index is 13.4. The number of benzene rings is 1. The molecule has 1 aliphatic carbocycles. The van der Waals surface area contributed by atoms with E-state index in [0.717, 1.165) is 9.99 Å². The van der Waals surface area contributed by atoms with E-state index in [0.29, 0.717) is 28.2 Å². The molecule has 1 saturated carbocycles. The Balaban J connectivity index is 1.40. The fourth-order valence-corrected chi connectivity index (χ4v) is 5.72. The van der Waals surface area contributed by atoms with E-state index in [9.17, 15) is 22.4 Å². The lowest BCUT2D eigenvalue weighted by Gasteiger charge is -2.25. The number of rotatable bonds is 7. The van der Waals surface area contributed by atoms with Gasteiger partial charge in [-0.05, 0) is 30.7 Å². The lowest BCUT2D eigenvalue weighted by Crippen LogP contribution is -2.39. The number of imidazole rings is 1. The SMILES string of the molecule is O=C1CN(S(=O)(=O)c2cnc[nH]2)Cc2[nH]c(-c3ccnc(NC(=O)[C@@H]4C[C@@H]4F)c3)c(Nc3ccccc3)c21. The van der Waals surface area contributed by atoms with Gasteiger partial charge in [-0.15, -0.1) is 0 Å². The van der Waals surface area contributed by atoms with E-state index in [-0.39, 0.29) is 36.1 Å². The van der Waals surface area contributed by atoms with E-state index in [1.54, 1.807) is 12.1 Å². The number of anilines is 3. The lowest BCUT2D eigenvalue weighted by atomic mass is 10.0. The third kappa shape index (κ3) is 4.35. The number of H-pyrrole nitrogens is 2. The molecule has 4 heterocycles. The summed E-state index contributed by atoms with van der Waals surface area (Å²) in [5.41, 5.74) is 3.07. The van der Waals surface area contributed by atoms with Crippen molar-refractivity contribution in [2.45, 2.75) is 24.2 Å². The minimum Gasteiger partial charge on any atom is -0.355 e. The van der Waals surface area contributed by atoms with E-state index >= 15 is 0 Å². The summed E-state index contributed by atoms with van der Waals surface area (Å²) < 4.78 is 40.6. The average Bonchev–Trinajstić information content (AvgIpc) is 3.28. The van der Waals surface area contributed by atoms with E-state index in [2.05, 4.69) is 30.6 Å². The Labute approximate surface area is 216 Å². The van der Waals surface area contributed by atoms with Crippen molar-refractivity contribution in [1.29, 1.82) is 0 Å². The first kappa shape index (κ1) is 24.0. The number of carbonyl (C=O) groups is 2. The molecular weight excluding hydrogens is 513 g/mol. The summed E-state index contributed by atoms with van der Waals surface area (Å²) in [5, 5.41) is 5.82. The molecule has 2 atom stereocenters. The first-order valence-electron chi connectivity index (χ1n) is 11.8. The van der Waals surface area contributed by atoms with Gasteiger partial charge in [0.2, 0.25) is 5.91 Å². The molecule has 0 bridgehead atoms. The Morgan fingerprint density at radius 1 is 1.16 bits per heavy atom. The Morgan fingerprint density at radius 2 is 1.95 bits per heavy atom. The van der Waals surface area contributed by atoms with Gasteiger partial charge in [-0.2, -0.15) is 4.31 Å². The van der Waals surface area contributed by atoms with Crippen LogP contribution in [0.5, 0.6) is 0 Å². The van der Waals surface area contributed by atoms with Gasteiger partial charge in [-0.1, -0.05) is 18.2 Å². The highest BCUT2D eigenvalue weighted by molar-refractivity contribution is 7.89. The van der Waals surface area contributed by atoms with Crippen LogP contribution in [-0.4, -0.2) is 57.1 Å². The smallest absolute Gasteiger partial charge is 0.260 e. The largest absolute Gasteiger partial charge is 0.355 e. The van der Waals surface area contributed by atoms with Crippen LogP contribution in [0.1, 0.15) is 22.5 Å². The molecule has 4 aromatic rings. The van der Waals surface area contributed by atoms with Crippen molar-refractivity contribution < 1.29 is 22.4 Å². The van der Waals surface area contributed by atoms with Crippen LogP contribution >= 0.6 is 0 Å². The minimum absolute atomic E-state index is 0.0693. The number of amides is 1. The van der Waals surface area contributed by atoms with Crippen molar-refractivity contribution in [2.24, 2.45) is 5.92 Å². The third-order valence-electron chi connectivity index (χ3n) is 6.49. The number of nitrogens with zero attached hydrogens (tertiary/aromatic N) is 3. The number of pyridine rings is 1. The highest BCUT2D eigenvalue weighted by Crippen LogP contribution is 2.39. The second-order valence-electron chi connectivity index (χ2n) is 9.11. The zero-order chi connectivity index (χ0) is 26.4. The summed E-state index contributed by atoms with van der Waals surface area (Å²) in [6.45, 7) is -0.418. The number of aromatic nitrogens is 4. The van der Waals surface area contributed by atoms with Crippen LogP contribution < -0.4 is 10.6 Å². The van der Waals surface area contributed by atoms with E-state index in [4.69, 9.17) is 0 Å². The highest BCUT2D eigenvalue weighted by atomic mass is 32.2. The van der Waals surface area contributed by atoms with Gasteiger partial charge in [-0.25, -0.2) is 22.8 Å². The van der Waals surface area contributed by atoms with Gasteiger partial charge in [0.1, 0.15) is 12.0 Å². The minimum atomic E-state index is -3.98. The number of aromatic amines is 2. The molecular formula is C25H22FN7O4S. The Kier molecular flexibility index (Phi) is 5.80. The van der Waals surface area contributed by atoms with Crippen molar-refractivity contribution in [3.8, 4) is 11.3 Å². The Hall–Kier alpha value is -4.36. The first-order valence-corrected chi connectivity index (χ1v) is 13.3. The quantitative estimate of drug-likeness (QED) is 0.283. The molecule has 1 aromatic carbocycles. The fourth-order valence-electron chi connectivity index (χ4n) is 4.46. The fraction of sp³-hybridized carbons (Fsp3) is 0.200. The van der Waals surface area contributed by atoms with Crippen LogP contribution in [0.4, 0.5) is 21.6 Å². The number of para-hydroxylation sites is 1. The number of carbonyl (C=O) groups excluding carboxylic acids is 2. The van der Waals surface area contributed by atoms with E-state index in [1.165, 1.54) is 18.7 Å².